The second-order valence-corrected chi connectivity index (χ2v) is 6.50. The maximum atomic E-state index is 11.8. The Hall–Kier alpha value is -1.09. The van der Waals surface area contributed by atoms with Crippen molar-refractivity contribution in [3.63, 3.8) is 0 Å². The minimum Gasteiger partial charge on any atom is -0.211 e. The monoisotopic (exact) mass is 272 g/mol. The molecule has 0 aliphatic rings. The molecule has 1 unspecified atom stereocenters. The molecule has 92 valence electrons. The van der Waals surface area contributed by atoms with Crippen molar-refractivity contribution in [2.75, 3.05) is 7.05 Å². The lowest BCUT2D eigenvalue weighted by atomic mass is 10.2. The predicted molar refractivity (Wildman–Crippen MR) is 66.9 cm³/mol. The number of rotatable bonds is 4. The van der Waals surface area contributed by atoms with E-state index >= 15 is 0 Å². The van der Waals surface area contributed by atoms with Crippen LogP contribution in [0, 0.1) is 11.3 Å². The van der Waals surface area contributed by atoms with E-state index in [0.717, 1.165) is 9.87 Å². The van der Waals surface area contributed by atoms with Crippen LogP contribution in [0.3, 0.4) is 0 Å². The van der Waals surface area contributed by atoms with Crippen LogP contribution in [-0.2, 0) is 16.6 Å². The first-order chi connectivity index (χ1) is 7.87. The Balaban J connectivity index is 2.87. The lowest BCUT2D eigenvalue weighted by Crippen LogP contribution is -2.33. The lowest BCUT2D eigenvalue weighted by molar-refractivity contribution is 0.463. The summed E-state index contributed by atoms with van der Waals surface area (Å²) < 4.78 is 24.8. The number of nitrogens with zero attached hydrogens (tertiary/aromatic N) is 2. The quantitative estimate of drug-likeness (QED) is 0.842. The molecule has 0 fully saturated rings. The molecule has 0 spiro atoms. The second-order valence-electron chi connectivity index (χ2n) is 3.70. The van der Waals surface area contributed by atoms with Crippen LogP contribution in [0.25, 0.3) is 0 Å². The Morgan fingerprint density at radius 1 is 1.53 bits per heavy atom. The molecule has 0 aromatic heterocycles. The smallest absolute Gasteiger partial charge is 0.211 e. The Kier molecular flexibility index (Phi) is 4.52. The number of nitriles is 1. The molecule has 17 heavy (non-hydrogen) atoms. The van der Waals surface area contributed by atoms with Gasteiger partial charge in [-0.05, 0) is 24.6 Å². The lowest BCUT2D eigenvalue weighted by Gasteiger charge is -2.18. The van der Waals surface area contributed by atoms with Crippen LogP contribution in [0.5, 0.6) is 0 Å². The summed E-state index contributed by atoms with van der Waals surface area (Å²) in [7, 11) is -2.12. The highest BCUT2D eigenvalue weighted by atomic mass is 35.5. The highest BCUT2D eigenvalue weighted by Gasteiger charge is 2.25. The van der Waals surface area contributed by atoms with Gasteiger partial charge in [0.1, 0.15) is 0 Å². The van der Waals surface area contributed by atoms with Gasteiger partial charge < -0.3 is 0 Å². The van der Waals surface area contributed by atoms with E-state index in [4.69, 9.17) is 16.9 Å². The van der Waals surface area contributed by atoms with Crippen molar-refractivity contribution in [3.05, 3.63) is 34.9 Å². The van der Waals surface area contributed by atoms with E-state index < -0.39 is 15.3 Å². The van der Waals surface area contributed by atoms with Gasteiger partial charge >= 0.3 is 0 Å². The third kappa shape index (κ3) is 3.43. The molecule has 0 heterocycles. The fraction of sp³-hybridized carbons (Fsp3) is 0.364. The fourth-order valence-corrected chi connectivity index (χ4v) is 2.53. The van der Waals surface area contributed by atoms with Crippen molar-refractivity contribution in [1.82, 2.24) is 4.31 Å². The molecule has 0 bridgehead atoms. The molecule has 0 radical (unpaired) electrons. The van der Waals surface area contributed by atoms with Crippen LogP contribution >= 0.6 is 11.6 Å². The number of hydrogen-bond acceptors (Lipinski definition) is 3. The maximum Gasteiger partial charge on any atom is 0.230 e. The van der Waals surface area contributed by atoms with Crippen LogP contribution in [0.1, 0.15) is 12.5 Å². The third-order valence-corrected chi connectivity index (χ3v) is 4.59. The number of hydrogen-bond donors (Lipinski definition) is 0. The molecule has 0 saturated heterocycles. The molecular weight excluding hydrogens is 260 g/mol. The van der Waals surface area contributed by atoms with E-state index in [2.05, 4.69) is 0 Å². The van der Waals surface area contributed by atoms with Crippen molar-refractivity contribution < 1.29 is 8.42 Å². The average Bonchev–Trinajstić information content (AvgIpc) is 2.27. The van der Waals surface area contributed by atoms with E-state index in [1.165, 1.54) is 14.0 Å². The molecule has 1 aromatic carbocycles. The summed E-state index contributed by atoms with van der Waals surface area (Å²) >= 11 is 5.81. The van der Waals surface area contributed by atoms with Crippen molar-refractivity contribution in [3.8, 4) is 6.07 Å². The van der Waals surface area contributed by atoms with E-state index in [1.54, 1.807) is 30.3 Å². The minimum absolute atomic E-state index is 0.203. The molecule has 1 atom stereocenters. The minimum atomic E-state index is -3.57. The number of halogens is 1. The Bertz CT molecular complexity index is 537. The largest absolute Gasteiger partial charge is 0.230 e. The van der Waals surface area contributed by atoms with Crippen LogP contribution < -0.4 is 0 Å². The van der Waals surface area contributed by atoms with Crippen LogP contribution in [-0.4, -0.2) is 25.0 Å². The summed E-state index contributed by atoms with van der Waals surface area (Å²) in [4.78, 5) is 0. The van der Waals surface area contributed by atoms with E-state index in [9.17, 15) is 8.42 Å². The van der Waals surface area contributed by atoms with Gasteiger partial charge in [-0.3, -0.25) is 0 Å². The standard InChI is InChI=1S/C11H13ClN2O2S/c1-9(7-13)17(15,16)14(2)8-10-4-3-5-11(12)6-10/h3-6,9H,8H2,1-2H3. The van der Waals surface area contributed by atoms with Crippen molar-refractivity contribution in [2.45, 2.75) is 18.7 Å². The van der Waals surface area contributed by atoms with Crippen molar-refractivity contribution in [1.29, 1.82) is 5.26 Å². The molecule has 1 aromatic rings. The zero-order chi connectivity index (χ0) is 13.1. The molecular formula is C11H13ClN2O2S. The molecule has 0 aliphatic carbocycles. The summed E-state index contributed by atoms with van der Waals surface area (Å²) in [6.45, 7) is 1.57. The molecule has 1 rings (SSSR count). The van der Waals surface area contributed by atoms with Gasteiger partial charge in [0, 0.05) is 18.6 Å². The summed E-state index contributed by atoms with van der Waals surface area (Å²) in [6, 6.07) is 8.69. The normalized spacial score (nSPS) is 13.4. The summed E-state index contributed by atoms with van der Waals surface area (Å²) in [5, 5.41) is 8.16. The van der Waals surface area contributed by atoms with E-state index in [-0.39, 0.29) is 6.54 Å². The zero-order valence-corrected chi connectivity index (χ0v) is 11.2. The first kappa shape index (κ1) is 14.0. The van der Waals surface area contributed by atoms with Gasteiger partial charge in [0.05, 0.1) is 6.07 Å². The first-order valence-corrected chi connectivity index (χ1v) is 6.85. The average molecular weight is 273 g/mol. The van der Waals surface area contributed by atoms with E-state index in [1.807, 2.05) is 0 Å². The van der Waals surface area contributed by atoms with Gasteiger partial charge in [-0.1, -0.05) is 23.7 Å². The van der Waals surface area contributed by atoms with Gasteiger partial charge in [-0.15, -0.1) is 0 Å². The fourth-order valence-electron chi connectivity index (χ4n) is 1.32. The first-order valence-electron chi connectivity index (χ1n) is 4.97. The van der Waals surface area contributed by atoms with Crippen molar-refractivity contribution >= 4 is 21.6 Å². The molecule has 4 nitrogen and oxygen atoms in total. The Morgan fingerprint density at radius 2 is 2.18 bits per heavy atom. The van der Waals surface area contributed by atoms with Gasteiger partial charge in [0.2, 0.25) is 10.0 Å². The molecule has 0 saturated carbocycles. The van der Waals surface area contributed by atoms with Crippen molar-refractivity contribution in [2.24, 2.45) is 0 Å². The van der Waals surface area contributed by atoms with Crippen LogP contribution in [0.4, 0.5) is 0 Å². The van der Waals surface area contributed by atoms with Gasteiger partial charge in [0.15, 0.2) is 5.25 Å². The van der Waals surface area contributed by atoms with E-state index in [0.29, 0.717) is 5.02 Å². The molecule has 6 heteroatoms. The molecule has 0 N–H and O–H groups in total. The topological polar surface area (TPSA) is 61.2 Å². The van der Waals surface area contributed by atoms with Gasteiger partial charge in [-0.2, -0.15) is 9.57 Å². The maximum absolute atomic E-state index is 11.8. The summed E-state index contributed by atoms with van der Waals surface area (Å²) in [5.41, 5.74) is 0.786. The SMILES string of the molecule is CC(C#N)S(=O)(=O)N(C)Cc1cccc(Cl)c1. The number of benzene rings is 1. The molecule has 0 aliphatic heterocycles. The Morgan fingerprint density at radius 3 is 2.71 bits per heavy atom. The number of sulfonamides is 1. The van der Waals surface area contributed by atoms with Gasteiger partial charge in [0.25, 0.3) is 0 Å². The highest BCUT2D eigenvalue weighted by molar-refractivity contribution is 7.89. The summed E-state index contributed by atoms with van der Waals surface area (Å²) in [5.74, 6) is 0. The predicted octanol–water partition coefficient (Wildman–Crippen LogP) is 2.01. The second kappa shape index (κ2) is 5.50. The Labute approximate surface area is 106 Å². The van der Waals surface area contributed by atoms with Crippen LogP contribution in [0.15, 0.2) is 24.3 Å². The third-order valence-electron chi connectivity index (χ3n) is 2.36. The van der Waals surface area contributed by atoms with Crippen LogP contribution in [0.2, 0.25) is 5.02 Å². The molecule has 0 amide bonds. The summed E-state index contributed by atoms with van der Waals surface area (Å²) in [6.07, 6.45) is 0. The van der Waals surface area contributed by atoms with Gasteiger partial charge in [-0.25, -0.2) is 8.42 Å². The zero-order valence-electron chi connectivity index (χ0n) is 9.59. The highest BCUT2D eigenvalue weighted by Crippen LogP contribution is 2.15.